The van der Waals surface area contributed by atoms with E-state index in [9.17, 15) is 0 Å². The third-order valence-corrected chi connectivity index (χ3v) is 6.20. The molecule has 0 N–H and O–H groups in total. The third kappa shape index (κ3) is 2.80. The maximum absolute atomic E-state index is 6.33. The van der Waals surface area contributed by atoms with Gasteiger partial charge in [-0.3, -0.25) is 4.90 Å². The van der Waals surface area contributed by atoms with Gasteiger partial charge in [-0.1, -0.05) is 36.6 Å². The van der Waals surface area contributed by atoms with Gasteiger partial charge in [0.2, 0.25) is 0 Å². The molecule has 1 aromatic rings. The molecular formula is C18H25ClN2. The smallest absolute Gasteiger partial charge is 0.0639 e. The number of rotatable bonds is 2. The van der Waals surface area contributed by atoms with Crippen molar-refractivity contribution in [3.8, 4) is 0 Å². The summed E-state index contributed by atoms with van der Waals surface area (Å²) >= 11 is 6.33. The van der Waals surface area contributed by atoms with E-state index in [0.717, 1.165) is 36.0 Å². The zero-order valence-electron chi connectivity index (χ0n) is 12.7. The van der Waals surface area contributed by atoms with Gasteiger partial charge in [-0.25, -0.2) is 0 Å². The molecule has 3 heteroatoms. The van der Waals surface area contributed by atoms with Crippen molar-refractivity contribution in [1.82, 2.24) is 4.90 Å². The van der Waals surface area contributed by atoms with E-state index >= 15 is 0 Å². The Labute approximate surface area is 133 Å². The summed E-state index contributed by atoms with van der Waals surface area (Å²) in [6.07, 6.45) is 7.45. The van der Waals surface area contributed by atoms with Crippen molar-refractivity contribution in [3.63, 3.8) is 0 Å². The standard InChI is InChI=1S/C18H25ClN2/c19-17-3-1-2-4-18(17)21-9-7-20(8-10-21)16-12-14-5-6-15(11-14)13-16/h1-4,14-16H,5-13H2. The van der Waals surface area contributed by atoms with Crippen LogP contribution in [0.1, 0.15) is 32.1 Å². The summed E-state index contributed by atoms with van der Waals surface area (Å²) in [5.74, 6) is 2.07. The number of piperazine rings is 1. The van der Waals surface area contributed by atoms with Crippen molar-refractivity contribution in [1.29, 1.82) is 0 Å². The van der Waals surface area contributed by atoms with Gasteiger partial charge >= 0.3 is 0 Å². The van der Waals surface area contributed by atoms with Crippen LogP contribution in [0.25, 0.3) is 0 Å². The Morgan fingerprint density at radius 3 is 2.19 bits per heavy atom. The Hall–Kier alpha value is -0.730. The summed E-state index contributed by atoms with van der Waals surface area (Å²) < 4.78 is 0. The van der Waals surface area contributed by atoms with E-state index in [4.69, 9.17) is 11.6 Å². The van der Waals surface area contributed by atoms with Crippen molar-refractivity contribution >= 4 is 17.3 Å². The van der Waals surface area contributed by atoms with E-state index in [2.05, 4.69) is 21.9 Å². The van der Waals surface area contributed by atoms with Crippen LogP contribution in [0.5, 0.6) is 0 Å². The average molecular weight is 305 g/mol. The highest BCUT2D eigenvalue weighted by Gasteiger charge is 2.37. The average Bonchev–Trinajstić information content (AvgIpc) is 2.86. The molecule has 0 radical (unpaired) electrons. The molecule has 2 bridgehead atoms. The maximum atomic E-state index is 6.33. The van der Waals surface area contributed by atoms with Crippen LogP contribution in [0.2, 0.25) is 5.02 Å². The lowest BCUT2D eigenvalue weighted by molar-refractivity contribution is 0.119. The molecule has 1 saturated heterocycles. The van der Waals surface area contributed by atoms with Crippen molar-refractivity contribution < 1.29 is 0 Å². The molecule has 1 aromatic carbocycles. The quantitative estimate of drug-likeness (QED) is 0.813. The normalized spacial score (nSPS) is 33.4. The fraction of sp³-hybridized carbons (Fsp3) is 0.667. The highest BCUT2D eigenvalue weighted by Crippen LogP contribution is 2.43. The predicted octanol–water partition coefficient (Wildman–Crippen LogP) is 4.04. The number of para-hydroxylation sites is 1. The van der Waals surface area contributed by atoms with Gasteiger partial charge in [0.1, 0.15) is 0 Å². The Morgan fingerprint density at radius 1 is 0.857 bits per heavy atom. The van der Waals surface area contributed by atoms with Crippen molar-refractivity contribution in [2.45, 2.75) is 38.1 Å². The van der Waals surface area contributed by atoms with Gasteiger partial charge in [0.25, 0.3) is 0 Å². The second-order valence-electron chi connectivity index (χ2n) is 7.14. The molecule has 2 saturated carbocycles. The summed E-state index contributed by atoms with van der Waals surface area (Å²) in [5, 5.41) is 0.890. The minimum absolute atomic E-state index is 0.865. The molecule has 1 heterocycles. The lowest BCUT2D eigenvalue weighted by atomic mass is 9.84. The Kier molecular flexibility index (Phi) is 3.85. The molecule has 114 valence electrons. The first-order chi connectivity index (χ1) is 10.3. The predicted molar refractivity (Wildman–Crippen MR) is 89.1 cm³/mol. The number of anilines is 1. The molecule has 2 atom stereocenters. The Bertz CT molecular complexity index is 484. The molecule has 2 aliphatic carbocycles. The highest BCUT2D eigenvalue weighted by atomic mass is 35.5. The molecule has 0 amide bonds. The van der Waals surface area contributed by atoms with E-state index < -0.39 is 0 Å². The summed E-state index contributed by atoms with van der Waals surface area (Å²) in [4.78, 5) is 5.22. The molecule has 0 aromatic heterocycles. The van der Waals surface area contributed by atoms with Gasteiger partial charge in [-0.05, 0) is 43.2 Å². The number of nitrogens with zero attached hydrogens (tertiary/aromatic N) is 2. The number of hydrogen-bond donors (Lipinski definition) is 0. The first-order valence-corrected chi connectivity index (χ1v) is 8.91. The third-order valence-electron chi connectivity index (χ3n) is 5.88. The molecule has 1 aliphatic heterocycles. The van der Waals surface area contributed by atoms with E-state index in [1.807, 2.05) is 12.1 Å². The van der Waals surface area contributed by atoms with Gasteiger partial charge in [0, 0.05) is 32.2 Å². The molecule has 4 rings (SSSR count). The van der Waals surface area contributed by atoms with Gasteiger partial charge in [-0.2, -0.15) is 0 Å². The van der Waals surface area contributed by atoms with Crippen LogP contribution >= 0.6 is 11.6 Å². The first kappa shape index (κ1) is 13.9. The zero-order valence-corrected chi connectivity index (χ0v) is 13.4. The lowest BCUT2D eigenvalue weighted by Gasteiger charge is -2.43. The van der Waals surface area contributed by atoms with E-state index in [0.29, 0.717) is 0 Å². The van der Waals surface area contributed by atoms with E-state index in [-0.39, 0.29) is 0 Å². The number of halogens is 1. The van der Waals surface area contributed by atoms with Gasteiger partial charge in [-0.15, -0.1) is 0 Å². The van der Waals surface area contributed by atoms with Crippen LogP contribution in [0.15, 0.2) is 24.3 Å². The van der Waals surface area contributed by atoms with E-state index in [1.165, 1.54) is 50.9 Å². The molecule has 3 aliphatic rings. The first-order valence-electron chi connectivity index (χ1n) is 8.53. The topological polar surface area (TPSA) is 6.48 Å². The molecule has 21 heavy (non-hydrogen) atoms. The Morgan fingerprint density at radius 2 is 1.52 bits per heavy atom. The largest absolute Gasteiger partial charge is 0.368 e. The van der Waals surface area contributed by atoms with Crippen LogP contribution in [0, 0.1) is 11.8 Å². The van der Waals surface area contributed by atoms with E-state index in [1.54, 1.807) is 0 Å². The van der Waals surface area contributed by atoms with Crippen LogP contribution in [-0.2, 0) is 0 Å². The maximum Gasteiger partial charge on any atom is 0.0639 e. The lowest BCUT2D eigenvalue weighted by Crippen LogP contribution is -2.51. The van der Waals surface area contributed by atoms with Crippen molar-refractivity contribution in [3.05, 3.63) is 29.3 Å². The van der Waals surface area contributed by atoms with Gasteiger partial charge in [0.15, 0.2) is 0 Å². The van der Waals surface area contributed by atoms with Crippen LogP contribution < -0.4 is 4.90 Å². The summed E-state index contributed by atoms with van der Waals surface area (Å²) in [6, 6.07) is 9.12. The molecule has 2 nitrogen and oxygen atoms in total. The number of fused-ring (bicyclic) bond motifs is 2. The minimum Gasteiger partial charge on any atom is -0.368 e. The fourth-order valence-corrected chi connectivity index (χ4v) is 5.06. The molecule has 0 spiro atoms. The van der Waals surface area contributed by atoms with Gasteiger partial charge in [0.05, 0.1) is 10.7 Å². The van der Waals surface area contributed by atoms with Gasteiger partial charge < -0.3 is 4.90 Å². The SMILES string of the molecule is Clc1ccccc1N1CCN(C2CC3CCC(C3)C2)CC1. The number of benzene rings is 1. The monoisotopic (exact) mass is 304 g/mol. The fourth-order valence-electron chi connectivity index (χ4n) is 4.81. The van der Waals surface area contributed by atoms with Crippen LogP contribution in [0.4, 0.5) is 5.69 Å². The molecular weight excluding hydrogens is 280 g/mol. The van der Waals surface area contributed by atoms with Crippen LogP contribution in [-0.4, -0.2) is 37.1 Å². The van der Waals surface area contributed by atoms with Crippen LogP contribution in [0.3, 0.4) is 0 Å². The summed E-state index contributed by atoms with van der Waals surface area (Å²) in [7, 11) is 0. The summed E-state index contributed by atoms with van der Waals surface area (Å²) in [6.45, 7) is 4.65. The Balaban J connectivity index is 1.38. The second kappa shape index (κ2) is 5.81. The summed E-state index contributed by atoms with van der Waals surface area (Å²) in [5.41, 5.74) is 1.21. The van der Waals surface area contributed by atoms with Crippen molar-refractivity contribution in [2.75, 3.05) is 31.1 Å². The highest BCUT2D eigenvalue weighted by molar-refractivity contribution is 6.33. The second-order valence-corrected chi connectivity index (χ2v) is 7.55. The zero-order chi connectivity index (χ0) is 14.2. The van der Waals surface area contributed by atoms with Crippen molar-refractivity contribution in [2.24, 2.45) is 11.8 Å². The molecule has 3 fully saturated rings. The molecule has 2 unspecified atom stereocenters. The minimum atomic E-state index is 0.865. The number of hydrogen-bond acceptors (Lipinski definition) is 2.